The number of primary amides is 1. The lowest BCUT2D eigenvalue weighted by atomic mass is 10.1. The molecule has 0 atom stereocenters. The molecule has 0 aromatic heterocycles. The molecule has 0 bridgehead atoms. The number of nitrogens with two attached hydrogens (primary N) is 2. The molecule has 0 radical (unpaired) electrons. The fourth-order valence-electron chi connectivity index (χ4n) is 1.17. The molecule has 0 saturated carbocycles. The van der Waals surface area contributed by atoms with Crippen LogP contribution >= 0.6 is 0 Å². The Kier molecular flexibility index (Phi) is 2.94. The molecule has 5 nitrogen and oxygen atoms in total. The van der Waals surface area contributed by atoms with Crippen molar-refractivity contribution in [3.8, 4) is 0 Å². The van der Waals surface area contributed by atoms with Gasteiger partial charge in [0, 0.05) is 18.3 Å². The number of nitrogens with zero attached hydrogens (tertiary/aromatic N) is 1. The van der Waals surface area contributed by atoms with Crippen LogP contribution in [0.4, 0.5) is 10.5 Å². The lowest BCUT2D eigenvalue weighted by Gasteiger charge is -2.14. The van der Waals surface area contributed by atoms with Crippen molar-refractivity contribution in [3.63, 3.8) is 0 Å². The molecule has 80 valence electrons. The molecular weight excluding hydrogens is 194 g/mol. The maximum Gasteiger partial charge on any atom is 0.321 e. The van der Waals surface area contributed by atoms with Gasteiger partial charge in [0.25, 0.3) is 5.91 Å². The average Bonchev–Trinajstić information content (AvgIpc) is 2.20. The Morgan fingerprint density at radius 3 is 2.47 bits per heavy atom. The number of urea groups is 1. The summed E-state index contributed by atoms with van der Waals surface area (Å²) in [5.74, 6) is -0.452. The van der Waals surface area contributed by atoms with Crippen LogP contribution in [0.3, 0.4) is 0 Å². The van der Waals surface area contributed by atoms with Gasteiger partial charge >= 0.3 is 6.03 Å². The van der Waals surface area contributed by atoms with Crippen LogP contribution in [0.1, 0.15) is 15.9 Å². The van der Waals surface area contributed by atoms with Gasteiger partial charge in [-0.25, -0.2) is 4.79 Å². The average molecular weight is 207 g/mol. The second-order valence-corrected chi connectivity index (χ2v) is 3.22. The summed E-state index contributed by atoms with van der Waals surface area (Å²) in [4.78, 5) is 23.4. The number of rotatable bonds is 1. The van der Waals surface area contributed by atoms with Gasteiger partial charge in [0.2, 0.25) is 0 Å². The molecule has 0 spiro atoms. The van der Waals surface area contributed by atoms with E-state index in [1.54, 1.807) is 25.1 Å². The summed E-state index contributed by atoms with van der Waals surface area (Å²) in [5, 5.41) is 0. The van der Waals surface area contributed by atoms with Gasteiger partial charge in [0.05, 0.1) is 0 Å². The molecule has 4 N–H and O–H groups in total. The van der Waals surface area contributed by atoms with Gasteiger partial charge in [-0.05, 0) is 24.6 Å². The van der Waals surface area contributed by atoms with Gasteiger partial charge in [0.1, 0.15) is 0 Å². The highest BCUT2D eigenvalue weighted by Crippen LogP contribution is 2.16. The Labute approximate surface area is 87.7 Å². The van der Waals surface area contributed by atoms with Crippen molar-refractivity contribution in [1.82, 2.24) is 4.90 Å². The predicted molar refractivity (Wildman–Crippen MR) is 57.3 cm³/mol. The topological polar surface area (TPSA) is 89.4 Å². The van der Waals surface area contributed by atoms with Crippen LogP contribution in [0.25, 0.3) is 0 Å². The van der Waals surface area contributed by atoms with Gasteiger partial charge < -0.3 is 11.5 Å². The Bertz CT molecular complexity index is 415. The molecule has 0 aliphatic heterocycles. The minimum Gasteiger partial charge on any atom is -0.398 e. The van der Waals surface area contributed by atoms with E-state index in [2.05, 4.69) is 0 Å². The Hall–Kier alpha value is -2.04. The number of imide groups is 1. The van der Waals surface area contributed by atoms with E-state index in [1.807, 2.05) is 0 Å². The summed E-state index contributed by atoms with van der Waals surface area (Å²) in [5.41, 5.74) is 12.2. The number of nitrogen functional groups attached to an aromatic ring is 1. The molecule has 0 saturated heterocycles. The van der Waals surface area contributed by atoms with Crippen LogP contribution < -0.4 is 11.5 Å². The molecule has 0 heterocycles. The van der Waals surface area contributed by atoms with E-state index >= 15 is 0 Å². The number of hydrogen-bond acceptors (Lipinski definition) is 3. The minimum atomic E-state index is -0.790. The van der Waals surface area contributed by atoms with Crippen molar-refractivity contribution in [2.75, 3.05) is 12.8 Å². The summed E-state index contributed by atoms with van der Waals surface area (Å²) >= 11 is 0. The molecule has 0 aliphatic carbocycles. The maximum atomic E-state index is 11.7. The quantitative estimate of drug-likeness (QED) is 0.665. The lowest BCUT2D eigenvalue weighted by Crippen LogP contribution is -2.37. The summed E-state index contributed by atoms with van der Waals surface area (Å²) < 4.78 is 0. The number of carbonyl (C=O) groups is 2. The summed E-state index contributed by atoms with van der Waals surface area (Å²) in [6.45, 7) is 1.72. The predicted octanol–water partition coefficient (Wildman–Crippen LogP) is 0.728. The van der Waals surface area contributed by atoms with Crippen LogP contribution in [0.15, 0.2) is 18.2 Å². The van der Waals surface area contributed by atoms with E-state index in [0.29, 0.717) is 16.8 Å². The Morgan fingerprint density at radius 1 is 1.33 bits per heavy atom. The van der Waals surface area contributed by atoms with Crippen molar-refractivity contribution in [1.29, 1.82) is 0 Å². The summed E-state index contributed by atoms with van der Waals surface area (Å²) in [6, 6.07) is 4.16. The van der Waals surface area contributed by atoms with Crippen molar-refractivity contribution in [3.05, 3.63) is 29.3 Å². The number of benzene rings is 1. The third-order valence-corrected chi connectivity index (χ3v) is 2.24. The molecular formula is C10H13N3O2. The zero-order valence-corrected chi connectivity index (χ0v) is 8.65. The first-order valence-corrected chi connectivity index (χ1v) is 4.37. The van der Waals surface area contributed by atoms with Gasteiger partial charge in [-0.1, -0.05) is 6.07 Å². The smallest absolute Gasteiger partial charge is 0.321 e. The van der Waals surface area contributed by atoms with E-state index in [1.165, 1.54) is 7.05 Å². The van der Waals surface area contributed by atoms with Crippen LogP contribution in [0.2, 0.25) is 0 Å². The molecule has 0 aliphatic rings. The van der Waals surface area contributed by atoms with E-state index in [9.17, 15) is 9.59 Å². The van der Waals surface area contributed by atoms with E-state index in [-0.39, 0.29) is 0 Å². The van der Waals surface area contributed by atoms with Crippen LogP contribution in [-0.2, 0) is 0 Å². The van der Waals surface area contributed by atoms with Gasteiger partial charge in [-0.3, -0.25) is 9.69 Å². The first-order chi connectivity index (χ1) is 6.95. The van der Waals surface area contributed by atoms with Gasteiger partial charge in [-0.15, -0.1) is 0 Å². The maximum absolute atomic E-state index is 11.7. The van der Waals surface area contributed by atoms with Crippen molar-refractivity contribution >= 4 is 17.6 Å². The Balaban J connectivity index is 3.12. The number of hydrogen-bond donors (Lipinski definition) is 2. The van der Waals surface area contributed by atoms with Crippen molar-refractivity contribution in [2.24, 2.45) is 5.73 Å². The monoisotopic (exact) mass is 207 g/mol. The normalized spacial score (nSPS) is 9.73. The molecule has 3 amide bonds. The fraction of sp³-hybridized carbons (Fsp3) is 0.200. The largest absolute Gasteiger partial charge is 0.398 e. The van der Waals surface area contributed by atoms with Crippen molar-refractivity contribution < 1.29 is 9.59 Å². The fourth-order valence-corrected chi connectivity index (χ4v) is 1.17. The number of amides is 3. The van der Waals surface area contributed by atoms with Gasteiger partial charge in [0.15, 0.2) is 0 Å². The standard InChI is InChI=1S/C10H13N3O2/c1-6-7(4-3-5-8(6)11)9(14)13(2)10(12)15/h3-5H,11H2,1-2H3,(H2,12,15). The highest BCUT2D eigenvalue weighted by molar-refractivity contribution is 6.05. The summed E-state index contributed by atoms with van der Waals surface area (Å²) in [7, 11) is 1.33. The highest BCUT2D eigenvalue weighted by atomic mass is 16.2. The summed E-state index contributed by atoms with van der Waals surface area (Å²) in [6.07, 6.45) is 0. The molecule has 5 heteroatoms. The van der Waals surface area contributed by atoms with E-state index in [0.717, 1.165) is 4.90 Å². The zero-order valence-electron chi connectivity index (χ0n) is 8.65. The van der Waals surface area contributed by atoms with Crippen LogP contribution in [0.5, 0.6) is 0 Å². The van der Waals surface area contributed by atoms with E-state index < -0.39 is 11.9 Å². The van der Waals surface area contributed by atoms with Gasteiger partial charge in [-0.2, -0.15) is 0 Å². The second kappa shape index (κ2) is 4.00. The number of carbonyl (C=O) groups excluding carboxylic acids is 2. The zero-order chi connectivity index (χ0) is 11.6. The van der Waals surface area contributed by atoms with Crippen LogP contribution in [-0.4, -0.2) is 23.9 Å². The molecule has 0 unspecified atom stereocenters. The highest BCUT2D eigenvalue weighted by Gasteiger charge is 2.18. The minimum absolute atomic E-state index is 0.385. The lowest BCUT2D eigenvalue weighted by molar-refractivity contribution is 0.0837. The molecule has 1 aromatic rings. The van der Waals surface area contributed by atoms with E-state index in [4.69, 9.17) is 11.5 Å². The molecule has 15 heavy (non-hydrogen) atoms. The third-order valence-electron chi connectivity index (χ3n) is 2.24. The number of anilines is 1. The molecule has 0 fully saturated rings. The van der Waals surface area contributed by atoms with Crippen LogP contribution in [0, 0.1) is 6.92 Å². The molecule has 1 rings (SSSR count). The first-order valence-electron chi connectivity index (χ1n) is 4.37. The van der Waals surface area contributed by atoms with Crippen molar-refractivity contribution in [2.45, 2.75) is 6.92 Å². The third kappa shape index (κ3) is 2.07. The first kappa shape index (κ1) is 11.0. The Morgan fingerprint density at radius 2 is 1.93 bits per heavy atom. The second-order valence-electron chi connectivity index (χ2n) is 3.22. The SMILES string of the molecule is Cc1c(N)cccc1C(=O)N(C)C(N)=O. The molecule has 1 aromatic carbocycles.